The summed E-state index contributed by atoms with van der Waals surface area (Å²) in [7, 11) is 1.88. The lowest BCUT2D eigenvalue weighted by molar-refractivity contribution is 0.549. The van der Waals surface area contributed by atoms with E-state index in [9.17, 15) is 0 Å². The van der Waals surface area contributed by atoms with Crippen LogP contribution in [0, 0.1) is 13.8 Å². The Kier molecular flexibility index (Phi) is 5.55. The highest BCUT2D eigenvalue weighted by molar-refractivity contribution is 9.09. The predicted molar refractivity (Wildman–Crippen MR) is 97.1 cm³/mol. The molecule has 1 aromatic heterocycles. The van der Waals surface area contributed by atoms with E-state index >= 15 is 0 Å². The van der Waals surface area contributed by atoms with Gasteiger partial charge in [-0.05, 0) is 25.8 Å². The van der Waals surface area contributed by atoms with Crippen LogP contribution in [0.4, 0.5) is 0 Å². The average Bonchev–Trinajstić information content (AvgIpc) is 2.70. The van der Waals surface area contributed by atoms with E-state index in [1.165, 1.54) is 11.1 Å². The molecule has 0 aliphatic heterocycles. The van der Waals surface area contributed by atoms with Crippen LogP contribution in [0.15, 0.2) is 24.3 Å². The van der Waals surface area contributed by atoms with Crippen LogP contribution in [0.25, 0.3) is 0 Å². The van der Waals surface area contributed by atoms with Crippen LogP contribution < -0.4 is 0 Å². The Morgan fingerprint density at radius 2 is 1.90 bits per heavy atom. The Bertz CT molecular complexity index is 633. The molecule has 2 rings (SSSR count). The molecule has 2 aromatic rings. The second-order valence-electron chi connectivity index (χ2n) is 5.57. The largest absolute Gasteiger partial charge is 0.257 e. The third-order valence-electron chi connectivity index (χ3n) is 3.93. The fraction of sp³-hybridized carbons (Fsp3) is 0.438. The van der Waals surface area contributed by atoms with Gasteiger partial charge in [-0.25, -0.2) is 0 Å². The highest BCUT2D eigenvalue weighted by Gasteiger charge is 2.33. The first-order chi connectivity index (χ1) is 9.93. The fourth-order valence-electron chi connectivity index (χ4n) is 2.57. The minimum absolute atomic E-state index is 0.0382. The Labute approximate surface area is 148 Å². The molecule has 2 nitrogen and oxygen atoms in total. The standard InChI is InChI=1S/C16H19Br2ClN2/c1-11-5-4-6-13(7-11)16(9-17,10-18)8-14-12(2)20-21(3)15(14)19/h4-7H,8-10H2,1-3H3. The molecule has 0 aliphatic carbocycles. The molecule has 0 N–H and O–H groups in total. The molecule has 114 valence electrons. The minimum Gasteiger partial charge on any atom is -0.257 e. The molecule has 0 spiro atoms. The normalized spacial score (nSPS) is 11.9. The molecule has 1 heterocycles. The smallest absolute Gasteiger partial charge is 0.130 e. The van der Waals surface area contributed by atoms with Gasteiger partial charge in [-0.1, -0.05) is 73.3 Å². The van der Waals surface area contributed by atoms with Crippen LogP contribution in [-0.4, -0.2) is 20.4 Å². The molecule has 1 aromatic carbocycles. The second kappa shape index (κ2) is 6.84. The summed E-state index contributed by atoms with van der Waals surface area (Å²) in [6.07, 6.45) is 0.853. The van der Waals surface area contributed by atoms with Crippen LogP contribution in [-0.2, 0) is 18.9 Å². The highest BCUT2D eigenvalue weighted by atomic mass is 79.9. The van der Waals surface area contributed by atoms with Crippen molar-refractivity contribution < 1.29 is 0 Å². The molecule has 0 aliphatic rings. The van der Waals surface area contributed by atoms with Gasteiger partial charge in [0, 0.05) is 28.7 Å². The van der Waals surface area contributed by atoms with Gasteiger partial charge in [-0.3, -0.25) is 4.68 Å². The molecular formula is C16H19Br2ClN2. The summed E-state index contributed by atoms with van der Waals surface area (Å²) >= 11 is 13.8. The van der Waals surface area contributed by atoms with Crippen molar-refractivity contribution in [2.24, 2.45) is 7.05 Å². The molecule has 0 saturated heterocycles. The third-order valence-corrected chi connectivity index (χ3v) is 6.55. The summed E-state index contributed by atoms with van der Waals surface area (Å²) in [5, 5.41) is 6.88. The third kappa shape index (κ3) is 3.38. The van der Waals surface area contributed by atoms with Crippen molar-refractivity contribution in [3.63, 3.8) is 0 Å². The van der Waals surface area contributed by atoms with Crippen molar-refractivity contribution in [1.82, 2.24) is 9.78 Å². The van der Waals surface area contributed by atoms with E-state index in [0.29, 0.717) is 0 Å². The van der Waals surface area contributed by atoms with Gasteiger partial charge in [0.05, 0.1) is 5.69 Å². The van der Waals surface area contributed by atoms with Crippen LogP contribution in [0.5, 0.6) is 0 Å². The summed E-state index contributed by atoms with van der Waals surface area (Å²) < 4.78 is 1.75. The minimum atomic E-state index is -0.0382. The average molecular weight is 435 g/mol. The molecule has 0 saturated carbocycles. The maximum absolute atomic E-state index is 6.42. The van der Waals surface area contributed by atoms with E-state index in [0.717, 1.165) is 33.5 Å². The molecule has 0 radical (unpaired) electrons. The zero-order valence-corrected chi connectivity index (χ0v) is 16.4. The predicted octanol–water partition coefficient (Wildman–Crippen LogP) is 4.96. The topological polar surface area (TPSA) is 17.8 Å². The van der Waals surface area contributed by atoms with Gasteiger partial charge in [0.1, 0.15) is 5.15 Å². The van der Waals surface area contributed by atoms with Crippen molar-refractivity contribution in [2.75, 3.05) is 10.7 Å². The van der Waals surface area contributed by atoms with Crippen molar-refractivity contribution in [3.05, 3.63) is 51.8 Å². The first-order valence-corrected chi connectivity index (χ1v) is 9.42. The van der Waals surface area contributed by atoms with Gasteiger partial charge in [-0.2, -0.15) is 5.10 Å². The summed E-state index contributed by atoms with van der Waals surface area (Å²) in [4.78, 5) is 0. The molecular weight excluding hydrogens is 415 g/mol. The Morgan fingerprint density at radius 3 is 2.38 bits per heavy atom. The summed E-state index contributed by atoms with van der Waals surface area (Å²) in [6, 6.07) is 8.68. The van der Waals surface area contributed by atoms with Gasteiger partial charge in [-0.15, -0.1) is 0 Å². The van der Waals surface area contributed by atoms with E-state index in [-0.39, 0.29) is 5.41 Å². The van der Waals surface area contributed by atoms with E-state index in [4.69, 9.17) is 11.6 Å². The Balaban J connectivity index is 2.48. The maximum atomic E-state index is 6.42. The molecule has 5 heteroatoms. The van der Waals surface area contributed by atoms with Crippen molar-refractivity contribution in [2.45, 2.75) is 25.7 Å². The van der Waals surface area contributed by atoms with Gasteiger partial charge in [0.25, 0.3) is 0 Å². The van der Waals surface area contributed by atoms with Crippen LogP contribution in [0.1, 0.15) is 22.4 Å². The zero-order chi connectivity index (χ0) is 15.6. The SMILES string of the molecule is Cc1cccc(C(CBr)(CBr)Cc2c(C)nn(C)c2Cl)c1. The lowest BCUT2D eigenvalue weighted by Gasteiger charge is -2.31. The molecule has 21 heavy (non-hydrogen) atoms. The van der Waals surface area contributed by atoms with Gasteiger partial charge < -0.3 is 0 Å². The van der Waals surface area contributed by atoms with Crippen molar-refractivity contribution >= 4 is 43.5 Å². The van der Waals surface area contributed by atoms with Crippen molar-refractivity contribution in [1.29, 1.82) is 0 Å². The first-order valence-electron chi connectivity index (χ1n) is 6.80. The summed E-state index contributed by atoms with van der Waals surface area (Å²) in [5.74, 6) is 0. The maximum Gasteiger partial charge on any atom is 0.130 e. The molecule has 0 bridgehead atoms. The molecule has 0 atom stereocenters. The number of aromatic nitrogens is 2. The Hall–Kier alpha value is -0.320. The number of halogens is 3. The number of hydrogen-bond donors (Lipinski definition) is 0. The fourth-order valence-corrected chi connectivity index (χ4v) is 4.79. The van der Waals surface area contributed by atoms with Gasteiger partial charge in [0.15, 0.2) is 0 Å². The monoisotopic (exact) mass is 432 g/mol. The van der Waals surface area contributed by atoms with Crippen molar-refractivity contribution in [3.8, 4) is 0 Å². The Morgan fingerprint density at radius 1 is 1.24 bits per heavy atom. The van der Waals surface area contributed by atoms with Crippen LogP contribution >= 0.6 is 43.5 Å². The number of aryl methyl sites for hydroxylation is 3. The van der Waals surface area contributed by atoms with E-state index in [1.807, 2.05) is 14.0 Å². The number of alkyl halides is 2. The summed E-state index contributed by atoms with van der Waals surface area (Å²) in [6.45, 7) is 4.14. The second-order valence-corrected chi connectivity index (χ2v) is 7.05. The quantitative estimate of drug-likeness (QED) is 0.608. The van der Waals surface area contributed by atoms with Crippen LogP contribution in [0.2, 0.25) is 5.15 Å². The number of benzene rings is 1. The zero-order valence-electron chi connectivity index (χ0n) is 12.5. The van der Waals surface area contributed by atoms with Crippen LogP contribution in [0.3, 0.4) is 0 Å². The number of hydrogen-bond acceptors (Lipinski definition) is 1. The van der Waals surface area contributed by atoms with E-state index < -0.39 is 0 Å². The van der Waals surface area contributed by atoms with Gasteiger partial charge >= 0.3 is 0 Å². The summed E-state index contributed by atoms with van der Waals surface area (Å²) in [5.41, 5.74) is 4.67. The van der Waals surface area contributed by atoms with Gasteiger partial charge in [0.2, 0.25) is 0 Å². The lowest BCUT2D eigenvalue weighted by atomic mass is 9.78. The number of nitrogens with zero attached hydrogens (tertiary/aromatic N) is 2. The number of rotatable bonds is 5. The first kappa shape index (κ1) is 17.0. The lowest BCUT2D eigenvalue weighted by Crippen LogP contribution is -2.33. The highest BCUT2D eigenvalue weighted by Crippen LogP contribution is 2.36. The van der Waals surface area contributed by atoms with E-state index in [1.54, 1.807) is 4.68 Å². The molecule has 0 fully saturated rings. The van der Waals surface area contributed by atoms with E-state index in [2.05, 4.69) is 68.1 Å². The molecule has 0 unspecified atom stereocenters. The molecule has 0 amide bonds.